The predicted molar refractivity (Wildman–Crippen MR) is 52.8 cm³/mol. The second-order valence-electron chi connectivity index (χ2n) is 3.72. The summed E-state index contributed by atoms with van der Waals surface area (Å²) in [4.78, 5) is 0. The molecule has 3 heteroatoms. The summed E-state index contributed by atoms with van der Waals surface area (Å²) < 4.78 is 5.72. The van der Waals surface area contributed by atoms with Crippen molar-refractivity contribution in [2.24, 2.45) is 0 Å². The molecule has 0 radical (unpaired) electrons. The summed E-state index contributed by atoms with van der Waals surface area (Å²) in [5.41, 5.74) is 0. The molecule has 78 valence electrons. The van der Waals surface area contributed by atoms with Crippen molar-refractivity contribution in [3.8, 4) is 0 Å². The lowest BCUT2D eigenvalue weighted by Gasteiger charge is -2.29. The summed E-state index contributed by atoms with van der Waals surface area (Å²) in [6.07, 6.45) is 4.60. The van der Waals surface area contributed by atoms with Gasteiger partial charge in [0.2, 0.25) is 0 Å². The first kappa shape index (κ1) is 11.0. The molecule has 3 nitrogen and oxygen atoms in total. The maximum atomic E-state index is 8.59. The van der Waals surface area contributed by atoms with E-state index in [1.165, 1.54) is 12.8 Å². The van der Waals surface area contributed by atoms with Crippen LogP contribution in [0.3, 0.4) is 0 Å². The minimum atomic E-state index is 0.280. The van der Waals surface area contributed by atoms with Gasteiger partial charge < -0.3 is 15.2 Å². The number of rotatable bonds is 5. The zero-order chi connectivity index (χ0) is 9.52. The Morgan fingerprint density at radius 3 is 3.00 bits per heavy atom. The van der Waals surface area contributed by atoms with Gasteiger partial charge in [-0.3, -0.25) is 0 Å². The van der Waals surface area contributed by atoms with Crippen LogP contribution in [-0.2, 0) is 4.74 Å². The fourth-order valence-electron chi connectivity index (χ4n) is 1.69. The molecule has 0 spiro atoms. The standard InChI is InChI=1S/C10H21NO2/c1-9-10(5-4-6-11-9)13-8-3-2-7-12/h9-12H,2-8H2,1H3. The van der Waals surface area contributed by atoms with Gasteiger partial charge in [-0.05, 0) is 39.2 Å². The van der Waals surface area contributed by atoms with Crippen LogP contribution in [0.25, 0.3) is 0 Å². The summed E-state index contributed by atoms with van der Waals surface area (Å²) in [5, 5.41) is 12.0. The molecule has 1 rings (SSSR count). The van der Waals surface area contributed by atoms with E-state index in [-0.39, 0.29) is 6.61 Å². The molecule has 1 saturated heterocycles. The maximum absolute atomic E-state index is 8.59. The predicted octanol–water partition coefficient (Wildman–Crippen LogP) is 0.916. The van der Waals surface area contributed by atoms with E-state index >= 15 is 0 Å². The monoisotopic (exact) mass is 187 g/mol. The maximum Gasteiger partial charge on any atom is 0.0725 e. The molecular weight excluding hydrogens is 166 g/mol. The van der Waals surface area contributed by atoms with Crippen molar-refractivity contribution < 1.29 is 9.84 Å². The number of hydrogen-bond donors (Lipinski definition) is 2. The van der Waals surface area contributed by atoms with Gasteiger partial charge in [0, 0.05) is 19.3 Å². The smallest absolute Gasteiger partial charge is 0.0725 e. The third-order valence-corrected chi connectivity index (χ3v) is 2.57. The van der Waals surface area contributed by atoms with E-state index in [0.717, 1.165) is 26.0 Å². The van der Waals surface area contributed by atoms with Crippen LogP contribution >= 0.6 is 0 Å². The Morgan fingerprint density at radius 2 is 2.31 bits per heavy atom. The van der Waals surface area contributed by atoms with Crippen LogP contribution in [-0.4, -0.2) is 37.0 Å². The van der Waals surface area contributed by atoms with Gasteiger partial charge >= 0.3 is 0 Å². The number of nitrogens with one attached hydrogen (secondary N) is 1. The molecule has 0 aliphatic carbocycles. The van der Waals surface area contributed by atoms with Crippen molar-refractivity contribution in [1.29, 1.82) is 0 Å². The second kappa shape index (κ2) is 6.35. The SMILES string of the molecule is CC1NCCCC1OCCCCO. The third-order valence-electron chi connectivity index (χ3n) is 2.57. The van der Waals surface area contributed by atoms with Gasteiger partial charge in [-0.15, -0.1) is 0 Å². The second-order valence-corrected chi connectivity index (χ2v) is 3.72. The summed E-state index contributed by atoms with van der Waals surface area (Å²) in [5.74, 6) is 0. The lowest BCUT2D eigenvalue weighted by Crippen LogP contribution is -2.44. The highest BCUT2D eigenvalue weighted by molar-refractivity contribution is 4.77. The highest BCUT2D eigenvalue weighted by Gasteiger charge is 2.20. The van der Waals surface area contributed by atoms with E-state index in [1.807, 2.05) is 0 Å². The van der Waals surface area contributed by atoms with Crippen LogP contribution in [0.5, 0.6) is 0 Å². The highest BCUT2D eigenvalue weighted by atomic mass is 16.5. The molecule has 0 bridgehead atoms. The molecule has 0 aromatic heterocycles. The van der Waals surface area contributed by atoms with E-state index in [4.69, 9.17) is 9.84 Å². The molecule has 1 aliphatic heterocycles. The van der Waals surface area contributed by atoms with Gasteiger partial charge in [-0.25, -0.2) is 0 Å². The molecule has 2 unspecified atom stereocenters. The first-order chi connectivity index (χ1) is 6.34. The molecular formula is C10H21NO2. The van der Waals surface area contributed by atoms with Crippen LogP contribution < -0.4 is 5.32 Å². The van der Waals surface area contributed by atoms with E-state index in [9.17, 15) is 0 Å². The van der Waals surface area contributed by atoms with Gasteiger partial charge in [-0.2, -0.15) is 0 Å². The molecule has 1 heterocycles. The van der Waals surface area contributed by atoms with Gasteiger partial charge in [0.1, 0.15) is 0 Å². The molecule has 0 saturated carbocycles. The van der Waals surface area contributed by atoms with Crippen molar-refractivity contribution in [2.45, 2.75) is 44.8 Å². The lowest BCUT2D eigenvalue weighted by atomic mass is 10.0. The summed E-state index contributed by atoms with van der Waals surface area (Å²) >= 11 is 0. The summed E-state index contributed by atoms with van der Waals surface area (Å²) in [7, 11) is 0. The van der Waals surface area contributed by atoms with Gasteiger partial charge in [0.15, 0.2) is 0 Å². The Balaban J connectivity index is 2.05. The zero-order valence-electron chi connectivity index (χ0n) is 8.46. The topological polar surface area (TPSA) is 41.5 Å². The molecule has 0 aromatic rings. The molecule has 1 fully saturated rings. The van der Waals surface area contributed by atoms with E-state index in [1.54, 1.807) is 0 Å². The van der Waals surface area contributed by atoms with E-state index in [0.29, 0.717) is 12.1 Å². The first-order valence-corrected chi connectivity index (χ1v) is 5.30. The minimum Gasteiger partial charge on any atom is -0.396 e. The number of hydrogen-bond acceptors (Lipinski definition) is 3. The Labute approximate surface area is 80.5 Å². The Morgan fingerprint density at radius 1 is 1.46 bits per heavy atom. The van der Waals surface area contributed by atoms with Crippen LogP contribution in [0.1, 0.15) is 32.6 Å². The number of ether oxygens (including phenoxy) is 1. The van der Waals surface area contributed by atoms with E-state index in [2.05, 4.69) is 12.2 Å². The fraction of sp³-hybridized carbons (Fsp3) is 1.00. The average molecular weight is 187 g/mol. The number of aliphatic hydroxyl groups is 1. The highest BCUT2D eigenvalue weighted by Crippen LogP contribution is 2.12. The number of unbranched alkanes of at least 4 members (excludes halogenated alkanes) is 1. The molecule has 0 amide bonds. The Kier molecular flexibility index (Phi) is 5.35. The lowest BCUT2D eigenvalue weighted by molar-refractivity contribution is 0.00966. The zero-order valence-corrected chi connectivity index (χ0v) is 8.46. The quantitative estimate of drug-likeness (QED) is 0.629. The molecule has 0 aromatic carbocycles. The van der Waals surface area contributed by atoms with Crippen LogP contribution in [0.15, 0.2) is 0 Å². The molecule has 13 heavy (non-hydrogen) atoms. The van der Waals surface area contributed by atoms with Crippen molar-refractivity contribution in [2.75, 3.05) is 19.8 Å². The number of piperidine rings is 1. The Bertz CT molecular complexity index is 130. The fourth-order valence-corrected chi connectivity index (χ4v) is 1.69. The number of aliphatic hydroxyl groups excluding tert-OH is 1. The largest absolute Gasteiger partial charge is 0.396 e. The molecule has 2 atom stereocenters. The molecule has 2 N–H and O–H groups in total. The van der Waals surface area contributed by atoms with Crippen LogP contribution in [0.4, 0.5) is 0 Å². The van der Waals surface area contributed by atoms with Gasteiger partial charge in [0.25, 0.3) is 0 Å². The van der Waals surface area contributed by atoms with Crippen molar-refractivity contribution >= 4 is 0 Å². The van der Waals surface area contributed by atoms with Crippen molar-refractivity contribution in [3.05, 3.63) is 0 Å². The normalized spacial score (nSPS) is 29.1. The van der Waals surface area contributed by atoms with Crippen molar-refractivity contribution in [1.82, 2.24) is 5.32 Å². The van der Waals surface area contributed by atoms with E-state index < -0.39 is 0 Å². The van der Waals surface area contributed by atoms with Gasteiger partial charge in [-0.1, -0.05) is 0 Å². The van der Waals surface area contributed by atoms with Gasteiger partial charge in [0.05, 0.1) is 6.10 Å². The average Bonchev–Trinajstić information content (AvgIpc) is 2.15. The van der Waals surface area contributed by atoms with Crippen LogP contribution in [0.2, 0.25) is 0 Å². The van der Waals surface area contributed by atoms with Crippen LogP contribution in [0, 0.1) is 0 Å². The minimum absolute atomic E-state index is 0.280. The van der Waals surface area contributed by atoms with Crippen molar-refractivity contribution in [3.63, 3.8) is 0 Å². The molecule has 1 aliphatic rings. The Hall–Kier alpha value is -0.120. The summed E-state index contributed by atoms with van der Waals surface area (Å²) in [6.45, 7) is 4.37. The summed E-state index contributed by atoms with van der Waals surface area (Å²) in [6, 6.07) is 0.489. The third kappa shape index (κ3) is 4.07. The first-order valence-electron chi connectivity index (χ1n) is 5.30.